The molecule has 0 aliphatic carbocycles. The number of rotatable bonds is 9. The summed E-state index contributed by atoms with van der Waals surface area (Å²) in [5.41, 5.74) is 0.478. The van der Waals surface area contributed by atoms with E-state index in [0.717, 1.165) is 25.0 Å². The maximum atomic E-state index is 11.2. The van der Waals surface area contributed by atoms with Gasteiger partial charge in [-0.15, -0.1) is 5.10 Å². The van der Waals surface area contributed by atoms with Crippen LogP contribution in [0.25, 0.3) is 0 Å². The molecule has 0 unspecified atom stereocenters. The van der Waals surface area contributed by atoms with Crippen molar-refractivity contribution in [3.05, 3.63) is 11.9 Å². The minimum atomic E-state index is -0.405. The van der Waals surface area contributed by atoms with Crippen molar-refractivity contribution in [3.8, 4) is 0 Å². The van der Waals surface area contributed by atoms with Crippen LogP contribution in [0.15, 0.2) is 6.20 Å². The second kappa shape index (κ2) is 7.16. The molecule has 120 valence electrons. The van der Waals surface area contributed by atoms with Crippen LogP contribution in [-0.4, -0.2) is 33.0 Å². The van der Waals surface area contributed by atoms with Gasteiger partial charge in [0.1, 0.15) is 5.78 Å². The van der Waals surface area contributed by atoms with Crippen LogP contribution >= 0.6 is 0 Å². The molecule has 1 rings (SSSR count). The van der Waals surface area contributed by atoms with Gasteiger partial charge in [-0.1, -0.05) is 18.6 Å². The normalized spacial score (nSPS) is 12.7. The lowest BCUT2D eigenvalue weighted by molar-refractivity contribution is -0.123. The van der Waals surface area contributed by atoms with E-state index in [-0.39, 0.29) is 11.3 Å². The lowest BCUT2D eigenvalue weighted by Crippen LogP contribution is -2.33. The Bertz CT molecular complexity index is 464. The number of carbonyl (C=O) groups is 1. The van der Waals surface area contributed by atoms with E-state index in [1.165, 1.54) is 0 Å². The van der Waals surface area contributed by atoms with Crippen LogP contribution in [0.1, 0.15) is 66.5 Å². The Kier molecular flexibility index (Phi) is 6.08. The molecule has 0 fully saturated rings. The molecule has 1 heterocycles. The average Bonchev–Trinajstić information content (AvgIpc) is 2.76. The first-order valence-corrected chi connectivity index (χ1v) is 7.71. The van der Waals surface area contributed by atoms with Gasteiger partial charge in [0.15, 0.2) is 0 Å². The molecule has 0 aliphatic heterocycles. The fourth-order valence-corrected chi connectivity index (χ4v) is 2.31. The maximum Gasteiger partial charge on any atom is 0.132 e. The molecule has 0 saturated carbocycles. The maximum absolute atomic E-state index is 11.2. The van der Waals surface area contributed by atoms with Crippen LogP contribution < -0.4 is 0 Å². The van der Waals surface area contributed by atoms with Crippen LogP contribution in [0.5, 0.6) is 0 Å². The lowest BCUT2D eigenvalue weighted by atomic mass is 10.00. The molecule has 0 bridgehead atoms. The Hall–Kier alpha value is -1.23. The van der Waals surface area contributed by atoms with Gasteiger partial charge in [0, 0.05) is 19.2 Å². The highest BCUT2D eigenvalue weighted by atomic mass is 16.5. The van der Waals surface area contributed by atoms with Crippen LogP contribution in [0.2, 0.25) is 0 Å². The summed E-state index contributed by atoms with van der Waals surface area (Å²) in [6.07, 6.45) is 5.31. The van der Waals surface area contributed by atoms with Crippen LogP contribution in [0.3, 0.4) is 0 Å². The topological polar surface area (TPSA) is 57.0 Å². The zero-order valence-electron chi connectivity index (χ0n) is 14.3. The molecule has 0 aliphatic rings. The Morgan fingerprint density at radius 3 is 2.57 bits per heavy atom. The van der Waals surface area contributed by atoms with Gasteiger partial charge < -0.3 is 4.74 Å². The summed E-state index contributed by atoms with van der Waals surface area (Å²) >= 11 is 0. The van der Waals surface area contributed by atoms with E-state index < -0.39 is 5.60 Å². The summed E-state index contributed by atoms with van der Waals surface area (Å²) in [6, 6.07) is 0. The quantitative estimate of drug-likeness (QED) is 0.702. The summed E-state index contributed by atoms with van der Waals surface area (Å²) in [6.45, 7) is 12.5. The number of Topliss-reactive ketones (excluding diaryl/α,β-unsaturated/α-hetero) is 1. The Balaban J connectivity index is 2.53. The zero-order chi connectivity index (χ0) is 16.1. The number of carbonyl (C=O) groups excluding carboxylic acids is 1. The Labute approximate surface area is 128 Å². The number of hydrogen-bond acceptors (Lipinski definition) is 4. The summed E-state index contributed by atoms with van der Waals surface area (Å²) in [5, 5.41) is 8.42. The highest BCUT2D eigenvalue weighted by Gasteiger charge is 2.25. The Morgan fingerprint density at radius 1 is 1.33 bits per heavy atom. The first-order chi connectivity index (χ1) is 9.66. The second-order valence-corrected chi connectivity index (χ2v) is 6.95. The first-order valence-electron chi connectivity index (χ1n) is 7.71. The monoisotopic (exact) mass is 295 g/mol. The number of ether oxygens (including phenoxy) is 1. The molecular formula is C16H29N3O2. The second-order valence-electron chi connectivity index (χ2n) is 6.95. The largest absolute Gasteiger partial charge is 0.375 e. The molecule has 0 radical (unpaired) electrons. The highest BCUT2D eigenvalue weighted by Crippen LogP contribution is 2.22. The van der Waals surface area contributed by atoms with Crippen LogP contribution in [-0.2, 0) is 21.5 Å². The molecule has 0 aromatic carbocycles. The van der Waals surface area contributed by atoms with E-state index in [1.807, 2.05) is 24.7 Å². The smallest absolute Gasteiger partial charge is 0.132 e. The van der Waals surface area contributed by atoms with Crippen molar-refractivity contribution in [2.45, 2.75) is 78.4 Å². The molecule has 5 nitrogen and oxygen atoms in total. The third-order valence-electron chi connectivity index (χ3n) is 3.55. The van der Waals surface area contributed by atoms with Crippen molar-refractivity contribution in [2.75, 3.05) is 6.61 Å². The van der Waals surface area contributed by atoms with Gasteiger partial charge >= 0.3 is 0 Å². The van der Waals surface area contributed by atoms with Gasteiger partial charge in [0.05, 0.1) is 16.8 Å². The van der Waals surface area contributed by atoms with Crippen molar-refractivity contribution in [1.82, 2.24) is 15.0 Å². The molecule has 21 heavy (non-hydrogen) atoms. The fraction of sp³-hybridized carbons (Fsp3) is 0.812. The summed E-state index contributed by atoms with van der Waals surface area (Å²) in [5.74, 6) is 0.153. The predicted molar refractivity (Wildman–Crippen MR) is 83.3 cm³/mol. The Morgan fingerprint density at radius 2 is 2.00 bits per heavy atom. The molecule has 0 atom stereocenters. The predicted octanol–water partition coefficient (Wildman–Crippen LogP) is 3.13. The van der Waals surface area contributed by atoms with Gasteiger partial charge in [-0.3, -0.25) is 4.79 Å². The highest BCUT2D eigenvalue weighted by molar-refractivity contribution is 5.76. The molecule has 1 aromatic heterocycles. The van der Waals surface area contributed by atoms with E-state index in [9.17, 15) is 4.79 Å². The van der Waals surface area contributed by atoms with E-state index in [0.29, 0.717) is 13.0 Å². The molecule has 0 spiro atoms. The molecule has 5 heteroatoms. The summed E-state index contributed by atoms with van der Waals surface area (Å²) < 4.78 is 7.79. The van der Waals surface area contributed by atoms with Gasteiger partial charge in [-0.25, -0.2) is 4.68 Å². The SMILES string of the molecule is CCCc1cn(C(C)(C)CCOC(C)(C)CC(C)=O)nn1. The average molecular weight is 295 g/mol. The number of ketones is 1. The van der Waals surface area contributed by atoms with Crippen molar-refractivity contribution >= 4 is 5.78 Å². The lowest BCUT2D eigenvalue weighted by Gasteiger charge is -2.29. The van der Waals surface area contributed by atoms with Gasteiger partial charge in [-0.05, 0) is 47.5 Å². The van der Waals surface area contributed by atoms with Crippen molar-refractivity contribution in [1.29, 1.82) is 0 Å². The molecule has 0 N–H and O–H groups in total. The standard InChI is InChI=1S/C16H29N3O2/c1-7-8-14-12-19(18-17-14)15(3,4)9-10-21-16(5,6)11-13(2)20/h12H,7-11H2,1-6H3. The van der Waals surface area contributed by atoms with Crippen molar-refractivity contribution < 1.29 is 9.53 Å². The fourth-order valence-electron chi connectivity index (χ4n) is 2.31. The van der Waals surface area contributed by atoms with Gasteiger partial charge in [0.25, 0.3) is 0 Å². The van der Waals surface area contributed by atoms with Crippen molar-refractivity contribution in [2.24, 2.45) is 0 Å². The third kappa shape index (κ3) is 5.96. The van der Waals surface area contributed by atoms with Gasteiger partial charge in [-0.2, -0.15) is 0 Å². The van der Waals surface area contributed by atoms with E-state index in [1.54, 1.807) is 6.92 Å². The van der Waals surface area contributed by atoms with Gasteiger partial charge in [0.2, 0.25) is 0 Å². The van der Waals surface area contributed by atoms with E-state index in [2.05, 4.69) is 31.1 Å². The number of aromatic nitrogens is 3. The minimum Gasteiger partial charge on any atom is -0.375 e. The summed E-state index contributed by atoms with van der Waals surface area (Å²) in [7, 11) is 0. The van der Waals surface area contributed by atoms with Crippen LogP contribution in [0, 0.1) is 0 Å². The summed E-state index contributed by atoms with van der Waals surface area (Å²) in [4.78, 5) is 11.2. The van der Waals surface area contributed by atoms with Crippen molar-refractivity contribution in [3.63, 3.8) is 0 Å². The number of aryl methyl sites for hydroxylation is 1. The number of hydrogen-bond donors (Lipinski definition) is 0. The molecule has 1 aromatic rings. The zero-order valence-corrected chi connectivity index (χ0v) is 14.3. The third-order valence-corrected chi connectivity index (χ3v) is 3.55. The van der Waals surface area contributed by atoms with E-state index >= 15 is 0 Å². The van der Waals surface area contributed by atoms with E-state index in [4.69, 9.17) is 4.74 Å². The molecular weight excluding hydrogens is 266 g/mol. The number of nitrogens with zero attached hydrogens (tertiary/aromatic N) is 3. The minimum absolute atomic E-state index is 0.148. The van der Waals surface area contributed by atoms with Crippen LogP contribution in [0.4, 0.5) is 0 Å². The first kappa shape index (κ1) is 17.8. The molecule has 0 saturated heterocycles. The molecule has 0 amide bonds.